The summed E-state index contributed by atoms with van der Waals surface area (Å²) < 4.78 is 9.67. The first-order chi connectivity index (χ1) is 8.43. The molecule has 0 saturated carbocycles. The van der Waals surface area contributed by atoms with Gasteiger partial charge in [-0.15, -0.1) is 15.3 Å². The summed E-state index contributed by atoms with van der Waals surface area (Å²) in [5, 5.41) is 12.3. The van der Waals surface area contributed by atoms with Crippen LogP contribution in [-0.2, 0) is 5.41 Å². The first-order valence-corrected chi connectivity index (χ1v) is 7.43. The molecule has 0 bridgehead atoms. The number of hydrogen-bond acceptors (Lipinski definition) is 6. The van der Waals surface area contributed by atoms with Crippen molar-refractivity contribution in [3.63, 3.8) is 0 Å². The van der Waals surface area contributed by atoms with Crippen LogP contribution in [0.2, 0.25) is 0 Å². The third-order valence-corrected chi connectivity index (χ3v) is 4.21. The number of hydrogen-bond donors (Lipinski definition) is 0. The van der Waals surface area contributed by atoms with E-state index in [-0.39, 0.29) is 10.2 Å². The van der Waals surface area contributed by atoms with Crippen LogP contribution in [0.3, 0.4) is 0 Å². The summed E-state index contributed by atoms with van der Waals surface area (Å²) in [6, 6.07) is 0. The van der Waals surface area contributed by atoms with Gasteiger partial charge in [-0.05, 0) is 18.0 Å². The van der Waals surface area contributed by atoms with E-state index in [2.05, 4.69) is 63.4 Å². The number of rotatable bonds is 3. The molecule has 2 rings (SSSR count). The van der Waals surface area contributed by atoms with Gasteiger partial charge in [0.1, 0.15) is 4.88 Å². The largest absolute Gasteiger partial charge is 0.419 e. The van der Waals surface area contributed by atoms with Gasteiger partial charge in [-0.1, -0.05) is 48.1 Å². The maximum absolute atomic E-state index is 5.68. The van der Waals surface area contributed by atoms with Crippen molar-refractivity contribution in [3.05, 3.63) is 11.6 Å². The Morgan fingerprint density at radius 3 is 2.61 bits per heavy atom. The summed E-state index contributed by atoms with van der Waals surface area (Å²) in [5.41, 5.74) is 0.806. The predicted molar refractivity (Wildman–Crippen MR) is 73.9 cm³/mol. The lowest BCUT2D eigenvalue weighted by molar-refractivity contribution is 0.497. The number of nitrogens with zero attached hydrogens (tertiary/aromatic N) is 4. The predicted octanol–water partition coefficient (Wildman–Crippen LogP) is 3.73. The Morgan fingerprint density at radius 2 is 2.00 bits per heavy atom. The van der Waals surface area contributed by atoms with Gasteiger partial charge in [-0.3, -0.25) is 0 Å². The van der Waals surface area contributed by atoms with Crippen LogP contribution in [0.25, 0.3) is 10.8 Å². The molecular weight excluding hydrogens is 316 g/mol. The van der Waals surface area contributed by atoms with E-state index < -0.39 is 0 Å². The fraction of sp³-hybridized carbons (Fsp3) is 0.636. The minimum absolute atomic E-state index is 0.0878. The molecule has 0 fully saturated rings. The Balaban J connectivity index is 2.38. The zero-order valence-corrected chi connectivity index (χ0v) is 13.2. The molecule has 0 aliphatic carbocycles. The lowest BCUT2D eigenvalue weighted by Crippen LogP contribution is -2.13. The minimum Gasteiger partial charge on any atom is -0.419 e. The Bertz CT molecular complexity index is 531. The summed E-state index contributed by atoms with van der Waals surface area (Å²) in [6.07, 6.45) is 0.898. The van der Waals surface area contributed by atoms with Gasteiger partial charge in [-0.25, -0.2) is 0 Å². The third-order valence-electron chi connectivity index (χ3n) is 2.46. The van der Waals surface area contributed by atoms with Crippen molar-refractivity contribution < 1.29 is 4.42 Å². The van der Waals surface area contributed by atoms with E-state index in [1.165, 1.54) is 11.5 Å². The maximum atomic E-state index is 5.68. The quantitative estimate of drug-likeness (QED) is 0.802. The van der Waals surface area contributed by atoms with Crippen LogP contribution in [0.15, 0.2) is 4.42 Å². The highest BCUT2D eigenvalue weighted by molar-refractivity contribution is 9.09. The SMILES string of the molecule is CCC(Br)c1nnc(-c2snnc2C(C)(C)C)o1. The van der Waals surface area contributed by atoms with Crippen molar-refractivity contribution in [2.75, 3.05) is 0 Å². The van der Waals surface area contributed by atoms with Crippen LogP contribution in [0.4, 0.5) is 0 Å². The summed E-state index contributed by atoms with van der Waals surface area (Å²) in [7, 11) is 0. The molecule has 2 heterocycles. The Morgan fingerprint density at radius 1 is 1.28 bits per heavy atom. The molecule has 0 amide bonds. The molecule has 0 aromatic carbocycles. The van der Waals surface area contributed by atoms with E-state index >= 15 is 0 Å². The van der Waals surface area contributed by atoms with Crippen LogP contribution >= 0.6 is 27.5 Å². The lowest BCUT2D eigenvalue weighted by atomic mass is 9.91. The molecule has 0 N–H and O–H groups in total. The van der Waals surface area contributed by atoms with Crippen molar-refractivity contribution in [2.24, 2.45) is 0 Å². The highest BCUT2D eigenvalue weighted by Gasteiger charge is 2.26. The van der Waals surface area contributed by atoms with E-state index in [0.717, 1.165) is 17.0 Å². The smallest absolute Gasteiger partial charge is 0.261 e. The summed E-state index contributed by atoms with van der Waals surface area (Å²) >= 11 is 4.78. The average molecular weight is 331 g/mol. The van der Waals surface area contributed by atoms with E-state index in [4.69, 9.17) is 4.42 Å². The Labute approximate surface area is 118 Å². The lowest BCUT2D eigenvalue weighted by Gasteiger charge is -2.14. The zero-order valence-electron chi connectivity index (χ0n) is 10.8. The second-order valence-corrected chi connectivity index (χ2v) is 6.88. The van der Waals surface area contributed by atoms with E-state index in [1.807, 2.05) is 0 Å². The van der Waals surface area contributed by atoms with Gasteiger partial charge in [0.15, 0.2) is 0 Å². The standard InChI is InChI=1S/C11H15BrN4OS/c1-5-6(12)9-14-15-10(17-9)7-8(11(2,3)4)13-16-18-7/h6H,5H2,1-4H3. The molecule has 98 valence electrons. The van der Waals surface area contributed by atoms with Gasteiger partial charge in [-0.2, -0.15) is 0 Å². The summed E-state index contributed by atoms with van der Waals surface area (Å²) in [6.45, 7) is 8.32. The number of aromatic nitrogens is 4. The molecule has 1 atom stereocenters. The van der Waals surface area contributed by atoms with E-state index in [9.17, 15) is 0 Å². The van der Waals surface area contributed by atoms with Gasteiger partial charge >= 0.3 is 0 Å². The second-order valence-electron chi connectivity index (χ2n) is 5.02. The van der Waals surface area contributed by atoms with E-state index in [0.29, 0.717) is 11.8 Å². The van der Waals surface area contributed by atoms with Gasteiger partial charge in [0.25, 0.3) is 5.89 Å². The molecule has 0 saturated heterocycles. The minimum atomic E-state index is -0.0878. The van der Waals surface area contributed by atoms with Crippen molar-refractivity contribution in [1.82, 2.24) is 19.8 Å². The molecular formula is C11H15BrN4OS. The first-order valence-electron chi connectivity index (χ1n) is 5.74. The monoisotopic (exact) mass is 330 g/mol. The van der Waals surface area contributed by atoms with Crippen molar-refractivity contribution in [2.45, 2.75) is 44.4 Å². The summed E-state index contributed by atoms with van der Waals surface area (Å²) in [4.78, 5) is 0.953. The molecule has 0 spiro atoms. The van der Waals surface area contributed by atoms with Crippen LogP contribution in [0, 0.1) is 0 Å². The second kappa shape index (κ2) is 5.05. The van der Waals surface area contributed by atoms with Crippen LogP contribution in [0.1, 0.15) is 50.5 Å². The summed E-state index contributed by atoms with van der Waals surface area (Å²) in [5.74, 6) is 1.10. The van der Waals surface area contributed by atoms with Crippen LogP contribution in [-0.4, -0.2) is 19.8 Å². The van der Waals surface area contributed by atoms with Crippen LogP contribution < -0.4 is 0 Å². The van der Waals surface area contributed by atoms with Crippen molar-refractivity contribution in [1.29, 1.82) is 0 Å². The van der Waals surface area contributed by atoms with Crippen molar-refractivity contribution in [3.8, 4) is 10.8 Å². The molecule has 2 aromatic heterocycles. The topological polar surface area (TPSA) is 64.7 Å². The highest BCUT2D eigenvalue weighted by Crippen LogP contribution is 2.34. The molecule has 0 aliphatic rings. The molecule has 18 heavy (non-hydrogen) atoms. The van der Waals surface area contributed by atoms with E-state index in [1.54, 1.807) is 0 Å². The Hall–Kier alpha value is -0.820. The fourth-order valence-electron chi connectivity index (χ4n) is 1.45. The number of halogens is 1. The fourth-order valence-corrected chi connectivity index (χ4v) is 2.43. The van der Waals surface area contributed by atoms with Gasteiger partial charge in [0.05, 0.1) is 10.5 Å². The van der Waals surface area contributed by atoms with Crippen LogP contribution in [0.5, 0.6) is 0 Å². The van der Waals surface area contributed by atoms with Gasteiger partial charge < -0.3 is 4.42 Å². The first kappa shape index (κ1) is 13.6. The third kappa shape index (κ3) is 2.61. The van der Waals surface area contributed by atoms with Gasteiger partial charge in [0, 0.05) is 5.41 Å². The number of alkyl halides is 1. The molecule has 0 aliphatic heterocycles. The van der Waals surface area contributed by atoms with Gasteiger partial charge in [0.2, 0.25) is 5.89 Å². The average Bonchev–Trinajstić information content (AvgIpc) is 2.94. The molecule has 7 heteroatoms. The Kier molecular flexibility index (Phi) is 3.82. The molecule has 0 radical (unpaired) electrons. The zero-order chi connectivity index (χ0) is 13.3. The van der Waals surface area contributed by atoms with Crippen molar-refractivity contribution >= 4 is 27.5 Å². The normalized spacial score (nSPS) is 13.8. The maximum Gasteiger partial charge on any atom is 0.261 e. The molecule has 2 aromatic rings. The molecule has 5 nitrogen and oxygen atoms in total. The highest BCUT2D eigenvalue weighted by atomic mass is 79.9. The molecule has 1 unspecified atom stereocenters.